The van der Waals surface area contributed by atoms with Gasteiger partial charge in [-0.25, -0.2) is 4.79 Å². The summed E-state index contributed by atoms with van der Waals surface area (Å²) in [6.07, 6.45) is -0.0592. The van der Waals surface area contributed by atoms with E-state index < -0.39 is 12.1 Å². The van der Waals surface area contributed by atoms with Gasteiger partial charge < -0.3 is 14.4 Å². The van der Waals surface area contributed by atoms with Gasteiger partial charge in [0.05, 0.1) is 4.47 Å². The molecule has 5 nitrogen and oxygen atoms in total. The highest BCUT2D eigenvalue weighted by Gasteiger charge is 2.27. The van der Waals surface area contributed by atoms with Crippen LogP contribution in [-0.4, -0.2) is 36.0 Å². The second-order valence-electron chi connectivity index (χ2n) is 6.27. The number of fused-ring (bicyclic) bond motifs is 1. The zero-order chi connectivity index (χ0) is 19.4. The standard InChI is InChI=1S/C20H19BrClNO4/c1-13(20(25)23-9-8-14-4-2-3-5-15(14)11-23)27-19(24)12-26-18-7-6-16(22)10-17(18)21/h2-7,10,13H,8-9,11-12H2,1H3/t13-/m1/s1. The summed E-state index contributed by atoms with van der Waals surface area (Å²) in [7, 11) is 0. The van der Waals surface area contributed by atoms with Gasteiger partial charge in [-0.05, 0) is 58.6 Å². The van der Waals surface area contributed by atoms with Crippen molar-refractivity contribution in [3.8, 4) is 5.75 Å². The molecule has 1 atom stereocenters. The Hall–Kier alpha value is -2.05. The lowest BCUT2D eigenvalue weighted by molar-refractivity contribution is -0.161. The van der Waals surface area contributed by atoms with E-state index in [4.69, 9.17) is 21.1 Å². The van der Waals surface area contributed by atoms with Gasteiger partial charge in [0.15, 0.2) is 12.7 Å². The number of ether oxygens (including phenoxy) is 2. The molecule has 0 aromatic heterocycles. The lowest BCUT2D eigenvalue weighted by atomic mass is 9.99. The van der Waals surface area contributed by atoms with Crippen LogP contribution in [0.2, 0.25) is 5.02 Å². The highest BCUT2D eigenvalue weighted by atomic mass is 79.9. The molecule has 1 aliphatic heterocycles. The van der Waals surface area contributed by atoms with E-state index in [0.29, 0.717) is 28.3 Å². The van der Waals surface area contributed by atoms with Crippen LogP contribution in [0.25, 0.3) is 0 Å². The summed E-state index contributed by atoms with van der Waals surface area (Å²) in [6, 6.07) is 13.0. The van der Waals surface area contributed by atoms with Gasteiger partial charge in [0, 0.05) is 18.1 Å². The molecule has 3 rings (SSSR count). The molecule has 7 heteroatoms. The van der Waals surface area contributed by atoms with E-state index in [0.717, 1.165) is 12.0 Å². The van der Waals surface area contributed by atoms with Crippen LogP contribution in [0.3, 0.4) is 0 Å². The first-order valence-corrected chi connectivity index (χ1v) is 9.74. The Labute approximate surface area is 171 Å². The van der Waals surface area contributed by atoms with Crippen molar-refractivity contribution in [3.63, 3.8) is 0 Å². The molecule has 0 bridgehead atoms. The number of esters is 1. The Balaban J connectivity index is 1.51. The fraction of sp³-hybridized carbons (Fsp3) is 0.300. The van der Waals surface area contributed by atoms with Gasteiger partial charge in [0.2, 0.25) is 0 Å². The number of rotatable bonds is 5. The minimum absolute atomic E-state index is 0.203. The van der Waals surface area contributed by atoms with E-state index in [1.807, 2.05) is 18.2 Å². The summed E-state index contributed by atoms with van der Waals surface area (Å²) in [5.74, 6) is -0.330. The molecule has 1 amide bonds. The first kappa shape index (κ1) is 19.7. The number of amides is 1. The summed E-state index contributed by atoms with van der Waals surface area (Å²) < 4.78 is 11.3. The van der Waals surface area contributed by atoms with Gasteiger partial charge in [-0.3, -0.25) is 4.79 Å². The van der Waals surface area contributed by atoms with Gasteiger partial charge in [-0.1, -0.05) is 35.9 Å². The zero-order valence-corrected chi connectivity index (χ0v) is 17.1. The number of hydrogen-bond donors (Lipinski definition) is 0. The van der Waals surface area contributed by atoms with Crippen LogP contribution in [-0.2, 0) is 27.3 Å². The Morgan fingerprint density at radius 2 is 1.96 bits per heavy atom. The molecule has 0 aliphatic carbocycles. The maximum atomic E-state index is 12.6. The Kier molecular flexibility index (Phi) is 6.39. The van der Waals surface area contributed by atoms with Crippen molar-refractivity contribution >= 4 is 39.4 Å². The Morgan fingerprint density at radius 3 is 2.70 bits per heavy atom. The molecular formula is C20H19BrClNO4. The second kappa shape index (κ2) is 8.76. The van der Waals surface area contributed by atoms with Crippen LogP contribution in [0.15, 0.2) is 46.9 Å². The van der Waals surface area contributed by atoms with E-state index in [-0.39, 0.29) is 12.5 Å². The summed E-state index contributed by atoms with van der Waals surface area (Å²) >= 11 is 9.18. The van der Waals surface area contributed by atoms with Gasteiger partial charge in [0.25, 0.3) is 5.91 Å². The fourth-order valence-corrected chi connectivity index (χ4v) is 3.75. The monoisotopic (exact) mass is 451 g/mol. The van der Waals surface area contributed by atoms with Gasteiger partial charge in [-0.2, -0.15) is 0 Å². The van der Waals surface area contributed by atoms with Crippen molar-refractivity contribution in [2.45, 2.75) is 26.0 Å². The minimum Gasteiger partial charge on any atom is -0.481 e. The second-order valence-corrected chi connectivity index (χ2v) is 7.56. The van der Waals surface area contributed by atoms with Crippen molar-refractivity contribution in [1.29, 1.82) is 0 Å². The molecule has 0 unspecified atom stereocenters. The predicted octanol–water partition coefficient (Wildman–Crippen LogP) is 4.00. The van der Waals surface area contributed by atoms with E-state index in [2.05, 4.69) is 22.0 Å². The van der Waals surface area contributed by atoms with E-state index >= 15 is 0 Å². The average molecular weight is 453 g/mol. The quantitative estimate of drug-likeness (QED) is 0.644. The predicted molar refractivity (Wildman–Crippen MR) is 106 cm³/mol. The van der Waals surface area contributed by atoms with Crippen LogP contribution in [0.5, 0.6) is 5.75 Å². The summed E-state index contributed by atoms with van der Waals surface area (Å²) in [5.41, 5.74) is 2.39. The molecule has 142 valence electrons. The molecule has 0 saturated heterocycles. The zero-order valence-electron chi connectivity index (χ0n) is 14.8. The van der Waals surface area contributed by atoms with Gasteiger partial charge in [0.1, 0.15) is 5.75 Å². The molecule has 2 aromatic rings. The fourth-order valence-electron chi connectivity index (χ4n) is 2.95. The molecule has 0 radical (unpaired) electrons. The highest BCUT2D eigenvalue weighted by Crippen LogP contribution is 2.28. The Bertz CT molecular complexity index is 858. The van der Waals surface area contributed by atoms with Crippen LogP contribution in [0.4, 0.5) is 0 Å². The normalized spacial score (nSPS) is 14.3. The van der Waals surface area contributed by atoms with Crippen molar-refractivity contribution in [3.05, 3.63) is 63.1 Å². The van der Waals surface area contributed by atoms with Crippen LogP contribution < -0.4 is 4.74 Å². The number of benzene rings is 2. The lowest BCUT2D eigenvalue weighted by Crippen LogP contribution is -2.43. The number of halogens is 2. The molecule has 0 fully saturated rings. The summed E-state index contributed by atoms with van der Waals surface area (Å²) in [6.45, 7) is 2.44. The van der Waals surface area contributed by atoms with Crippen molar-refractivity contribution in [1.82, 2.24) is 4.90 Å². The summed E-state index contributed by atoms with van der Waals surface area (Å²) in [4.78, 5) is 26.3. The van der Waals surface area contributed by atoms with Crippen LogP contribution in [0.1, 0.15) is 18.1 Å². The van der Waals surface area contributed by atoms with Crippen molar-refractivity contribution in [2.24, 2.45) is 0 Å². The van der Waals surface area contributed by atoms with Gasteiger partial charge >= 0.3 is 5.97 Å². The molecule has 27 heavy (non-hydrogen) atoms. The van der Waals surface area contributed by atoms with Crippen molar-refractivity contribution in [2.75, 3.05) is 13.2 Å². The SMILES string of the molecule is C[C@@H](OC(=O)COc1ccc(Cl)cc1Br)C(=O)N1CCc2ccccc2C1. The van der Waals surface area contributed by atoms with E-state index in [1.165, 1.54) is 5.56 Å². The molecule has 1 heterocycles. The maximum absolute atomic E-state index is 12.6. The smallest absolute Gasteiger partial charge is 0.344 e. The first-order chi connectivity index (χ1) is 12.9. The maximum Gasteiger partial charge on any atom is 0.344 e. The highest BCUT2D eigenvalue weighted by molar-refractivity contribution is 9.10. The largest absolute Gasteiger partial charge is 0.481 e. The van der Waals surface area contributed by atoms with Crippen LogP contribution >= 0.6 is 27.5 Å². The number of nitrogens with zero attached hydrogens (tertiary/aromatic N) is 1. The van der Waals surface area contributed by atoms with E-state index in [1.54, 1.807) is 30.0 Å². The van der Waals surface area contributed by atoms with Gasteiger partial charge in [-0.15, -0.1) is 0 Å². The first-order valence-electron chi connectivity index (χ1n) is 8.57. The lowest BCUT2D eigenvalue weighted by Gasteiger charge is -2.30. The van der Waals surface area contributed by atoms with Crippen LogP contribution in [0, 0.1) is 0 Å². The summed E-state index contributed by atoms with van der Waals surface area (Å²) in [5, 5.41) is 0.555. The van der Waals surface area contributed by atoms with Crippen molar-refractivity contribution < 1.29 is 19.1 Å². The number of carbonyl (C=O) groups excluding carboxylic acids is 2. The molecule has 0 saturated carbocycles. The topological polar surface area (TPSA) is 55.8 Å². The minimum atomic E-state index is -0.861. The molecule has 1 aliphatic rings. The third-order valence-corrected chi connectivity index (χ3v) is 5.19. The van der Waals surface area contributed by atoms with E-state index in [9.17, 15) is 9.59 Å². The third-order valence-electron chi connectivity index (χ3n) is 4.34. The molecule has 0 N–H and O–H groups in total. The molecule has 2 aromatic carbocycles. The molecule has 0 spiro atoms. The number of carbonyl (C=O) groups is 2. The third kappa shape index (κ3) is 5.02. The average Bonchev–Trinajstić information content (AvgIpc) is 2.66. The molecular weight excluding hydrogens is 434 g/mol. The Morgan fingerprint density at radius 1 is 1.22 bits per heavy atom. The number of hydrogen-bond acceptors (Lipinski definition) is 4.